The maximum Gasteiger partial charge on any atom is 0.335 e. The van der Waals surface area contributed by atoms with E-state index in [1.54, 1.807) is 0 Å². The van der Waals surface area contributed by atoms with Crippen LogP contribution in [0.1, 0.15) is 188 Å². The van der Waals surface area contributed by atoms with Gasteiger partial charge in [0.05, 0.1) is 6.61 Å². The van der Waals surface area contributed by atoms with Gasteiger partial charge in [-0.3, -0.25) is 14.4 Å². The lowest BCUT2D eigenvalue weighted by atomic mass is 9.98. The van der Waals surface area contributed by atoms with Crippen molar-refractivity contribution >= 4 is 23.9 Å². The molecule has 0 aromatic heterocycles. The Morgan fingerprint density at radius 3 is 1.14 bits per heavy atom. The van der Waals surface area contributed by atoms with Crippen LogP contribution in [0.3, 0.4) is 0 Å². The number of carbonyl (C=O) groups excluding carboxylic acids is 3. The maximum absolute atomic E-state index is 13.2. The Bertz CT molecular complexity index is 2140. The minimum atomic E-state index is -1.95. The molecule has 1 aliphatic heterocycles. The van der Waals surface area contributed by atoms with Gasteiger partial charge in [0.2, 0.25) is 0 Å². The van der Waals surface area contributed by atoms with E-state index in [4.69, 9.17) is 23.7 Å². The molecule has 0 aliphatic carbocycles. The fourth-order valence-corrected chi connectivity index (χ4v) is 7.88. The van der Waals surface area contributed by atoms with Crippen LogP contribution in [0, 0.1) is 0 Å². The Morgan fingerprint density at radius 1 is 0.398 bits per heavy atom. The normalized spacial score (nSPS) is 18.9. The van der Waals surface area contributed by atoms with Crippen molar-refractivity contribution in [2.75, 3.05) is 13.2 Å². The highest BCUT2D eigenvalue weighted by atomic mass is 16.7. The number of carboxylic acid groups (broad SMARTS) is 1. The van der Waals surface area contributed by atoms with E-state index in [9.17, 15) is 34.5 Å². The molecule has 1 aliphatic rings. The summed E-state index contributed by atoms with van der Waals surface area (Å²) in [6.45, 7) is 5.53. The van der Waals surface area contributed by atoms with Gasteiger partial charge < -0.3 is 39.0 Å². The van der Waals surface area contributed by atoms with Gasteiger partial charge in [-0.25, -0.2) is 4.79 Å². The van der Waals surface area contributed by atoms with Gasteiger partial charge in [0, 0.05) is 19.3 Å². The molecular weight excluding hydrogens is 1040 g/mol. The highest BCUT2D eigenvalue weighted by molar-refractivity contribution is 5.74. The molecule has 6 unspecified atom stereocenters. The summed E-state index contributed by atoms with van der Waals surface area (Å²) in [4.78, 5) is 51.2. The first-order valence-electron chi connectivity index (χ1n) is 30.8. The van der Waals surface area contributed by atoms with Crippen molar-refractivity contribution in [3.05, 3.63) is 182 Å². The van der Waals surface area contributed by atoms with Gasteiger partial charge in [0.15, 0.2) is 24.6 Å². The van der Waals surface area contributed by atoms with Gasteiger partial charge in [-0.2, -0.15) is 0 Å². The van der Waals surface area contributed by atoms with E-state index in [0.29, 0.717) is 25.7 Å². The predicted octanol–water partition coefficient (Wildman–Crippen LogP) is 16.4. The zero-order valence-corrected chi connectivity index (χ0v) is 50.6. The molecule has 0 bridgehead atoms. The Balaban J connectivity index is 2.78. The van der Waals surface area contributed by atoms with Gasteiger partial charge in [-0.05, 0) is 141 Å². The number of hydrogen-bond donors (Lipinski definition) is 3. The lowest BCUT2D eigenvalue weighted by molar-refractivity contribution is -0.301. The van der Waals surface area contributed by atoms with E-state index in [0.717, 1.165) is 122 Å². The third-order valence-electron chi connectivity index (χ3n) is 12.5. The molecule has 6 atom stereocenters. The van der Waals surface area contributed by atoms with E-state index in [-0.39, 0.29) is 25.9 Å². The lowest BCUT2D eigenvalue weighted by Gasteiger charge is -2.40. The molecule has 0 aromatic carbocycles. The van der Waals surface area contributed by atoms with Crippen LogP contribution in [0.25, 0.3) is 0 Å². The summed E-state index contributed by atoms with van der Waals surface area (Å²) in [5.41, 5.74) is 0. The van der Waals surface area contributed by atoms with E-state index in [1.807, 2.05) is 18.2 Å². The number of allylic oxidation sites excluding steroid dienone is 30. The van der Waals surface area contributed by atoms with Crippen LogP contribution in [0.2, 0.25) is 0 Å². The Kier molecular flexibility index (Phi) is 50.8. The molecule has 0 spiro atoms. The van der Waals surface area contributed by atoms with Crippen molar-refractivity contribution in [1.82, 2.24) is 0 Å². The van der Waals surface area contributed by atoms with Crippen LogP contribution in [0.5, 0.6) is 0 Å². The molecule has 83 heavy (non-hydrogen) atoms. The van der Waals surface area contributed by atoms with E-state index < -0.39 is 67.3 Å². The highest BCUT2D eigenvalue weighted by Gasteiger charge is 2.50. The van der Waals surface area contributed by atoms with Gasteiger partial charge in [0.25, 0.3) is 0 Å². The van der Waals surface area contributed by atoms with Crippen molar-refractivity contribution in [3.63, 3.8) is 0 Å². The minimum absolute atomic E-state index is 0.0821. The molecule has 1 heterocycles. The van der Waals surface area contributed by atoms with Crippen molar-refractivity contribution in [2.45, 2.75) is 225 Å². The molecule has 0 amide bonds. The number of ether oxygens (including phenoxy) is 5. The third kappa shape index (κ3) is 46.0. The average molecular weight is 1150 g/mol. The molecule has 1 saturated heterocycles. The molecule has 12 nitrogen and oxygen atoms in total. The third-order valence-corrected chi connectivity index (χ3v) is 12.5. The highest BCUT2D eigenvalue weighted by Crippen LogP contribution is 2.26. The number of aliphatic carboxylic acids is 1. The molecule has 3 N–H and O–H groups in total. The number of carboxylic acids is 1. The second-order valence-electron chi connectivity index (χ2n) is 19.8. The van der Waals surface area contributed by atoms with Crippen LogP contribution in [-0.2, 0) is 42.9 Å². The minimum Gasteiger partial charge on any atom is -0.479 e. The average Bonchev–Trinajstić information content (AvgIpc) is 3.60. The summed E-state index contributed by atoms with van der Waals surface area (Å²) in [6, 6.07) is 0. The second kappa shape index (κ2) is 56.3. The molecule has 1 fully saturated rings. The first-order chi connectivity index (χ1) is 40.6. The number of esters is 3. The summed E-state index contributed by atoms with van der Waals surface area (Å²) in [5, 5.41) is 31.5. The first kappa shape index (κ1) is 74.8. The number of aliphatic hydroxyl groups is 2. The number of unbranched alkanes of at least 4 members (excludes halogenated alkanes) is 5. The molecule has 460 valence electrons. The SMILES string of the molecule is CC/C=C\C/C=C\C/C=C\C/C=C\C/C=C\C/C=C\CCC(=O)OC1C(OCC(COC(=O)CCCCC/C=C\C/C=C\C/C=C\C/C=C\C/C=C\CC)OC(=O)CCCC/C=C\C/C=C\C/C=C\C/C=C\CC)OC(C(=O)O)C(O)C1O. The van der Waals surface area contributed by atoms with Gasteiger partial charge in [0.1, 0.15) is 18.8 Å². The first-order valence-corrected chi connectivity index (χ1v) is 30.8. The molecule has 0 saturated carbocycles. The second-order valence-corrected chi connectivity index (χ2v) is 19.8. The molecule has 0 radical (unpaired) electrons. The fourth-order valence-electron chi connectivity index (χ4n) is 7.88. The van der Waals surface area contributed by atoms with E-state index in [1.165, 1.54) is 0 Å². The van der Waals surface area contributed by atoms with Crippen LogP contribution in [0.15, 0.2) is 182 Å². The number of aliphatic hydroxyl groups excluding tert-OH is 2. The zero-order chi connectivity index (χ0) is 60.3. The Labute approximate surface area is 500 Å². The van der Waals surface area contributed by atoms with Crippen molar-refractivity contribution in [1.29, 1.82) is 0 Å². The molecule has 12 heteroatoms. The molecule has 0 aromatic rings. The monoisotopic (exact) mass is 1150 g/mol. The fraction of sp³-hybridized carbons (Fsp3) is 0.521. The Morgan fingerprint density at radius 2 is 0.747 bits per heavy atom. The van der Waals surface area contributed by atoms with Crippen molar-refractivity contribution < 1.29 is 58.2 Å². The van der Waals surface area contributed by atoms with Gasteiger partial charge >= 0.3 is 23.9 Å². The van der Waals surface area contributed by atoms with Crippen molar-refractivity contribution in [2.24, 2.45) is 0 Å². The molecule has 1 rings (SSSR count). The van der Waals surface area contributed by atoms with E-state index >= 15 is 0 Å². The zero-order valence-electron chi connectivity index (χ0n) is 50.6. The van der Waals surface area contributed by atoms with Crippen LogP contribution >= 0.6 is 0 Å². The van der Waals surface area contributed by atoms with Gasteiger partial charge in [-0.1, -0.05) is 209 Å². The lowest BCUT2D eigenvalue weighted by Crippen LogP contribution is -2.61. The topological polar surface area (TPSA) is 175 Å². The summed E-state index contributed by atoms with van der Waals surface area (Å²) < 4.78 is 28.3. The largest absolute Gasteiger partial charge is 0.479 e. The summed E-state index contributed by atoms with van der Waals surface area (Å²) in [5.74, 6) is -3.37. The van der Waals surface area contributed by atoms with Crippen molar-refractivity contribution in [3.8, 4) is 0 Å². The molecular formula is C71H104O12. The number of carbonyl (C=O) groups is 4. The van der Waals surface area contributed by atoms with Crippen LogP contribution < -0.4 is 0 Å². The summed E-state index contributed by atoms with van der Waals surface area (Å²) >= 11 is 0. The van der Waals surface area contributed by atoms with Crippen LogP contribution in [-0.4, -0.2) is 89.2 Å². The van der Waals surface area contributed by atoms with Crippen LogP contribution in [0.4, 0.5) is 0 Å². The Hall–Kier alpha value is -6.18. The number of rotatable bonds is 49. The summed E-state index contributed by atoms with van der Waals surface area (Å²) in [7, 11) is 0. The predicted molar refractivity (Wildman–Crippen MR) is 339 cm³/mol. The standard InChI is InChI=1S/C71H104O12/c1-4-7-10-13-16-19-22-25-28-30-32-34-37-39-42-45-48-51-54-57-63(72)79-60-62(81-64(73)58-55-52-49-46-43-40-36-27-24-21-18-15-12-9-6-3)61-80-71-69(67(76)66(75)68(83-71)70(77)78)82-65(74)59-56-53-50-47-44-41-38-35-33-31-29-26-23-20-17-14-11-8-5-2/h7-12,16-21,25-29,32-36,39,41-44,46,50,53,62,66-69,71,75-76H,4-6,13-15,22-24,30-31,37-38,40,45,47-49,51-52,54-61H2,1-3H3,(H,77,78)/b10-7-,11-8-,12-9-,19-16-,20-17-,21-18-,28-25-,29-26-,34-32-,35-33-,36-27-,42-39-,44-41-,46-43-,53-50-. The number of hydrogen-bond acceptors (Lipinski definition) is 11. The van der Waals surface area contributed by atoms with Gasteiger partial charge in [-0.15, -0.1) is 0 Å². The maximum atomic E-state index is 13.2. The van der Waals surface area contributed by atoms with E-state index in [2.05, 4.69) is 185 Å². The smallest absolute Gasteiger partial charge is 0.335 e. The summed E-state index contributed by atoms with van der Waals surface area (Å²) in [6.07, 6.45) is 73.0. The quantitative estimate of drug-likeness (QED) is 0.0228.